The zero-order valence-electron chi connectivity index (χ0n) is 12.0. The van der Waals surface area contributed by atoms with Gasteiger partial charge in [0, 0.05) is 6.20 Å². The Bertz CT molecular complexity index is 647. The van der Waals surface area contributed by atoms with E-state index in [4.69, 9.17) is 4.74 Å². The van der Waals surface area contributed by atoms with Gasteiger partial charge in [-0.05, 0) is 49.7 Å². The lowest BCUT2D eigenvalue weighted by molar-refractivity contribution is -0.146. The summed E-state index contributed by atoms with van der Waals surface area (Å²) in [5, 5.41) is 3.98. The van der Waals surface area contributed by atoms with Crippen LogP contribution >= 0.6 is 0 Å². The van der Waals surface area contributed by atoms with Crippen LogP contribution in [0.1, 0.15) is 31.2 Å². The van der Waals surface area contributed by atoms with Crippen LogP contribution in [0, 0.1) is 17.7 Å². The number of ether oxygens (including phenoxy) is 1. The van der Waals surface area contributed by atoms with Crippen molar-refractivity contribution in [2.24, 2.45) is 11.8 Å². The Kier molecular flexibility index (Phi) is 3.86. The zero-order valence-corrected chi connectivity index (χ0v) is 12.0. The highest BCUT2D eigenvalue weighted by Crippen LogP contribution is 2.31. The monoisotopic (exact) mass is 291 g/mol. The minimum atomic E-state index is -0.340. The van der Waals surface area contributed by atoms with Crippen molar-refractivity contribution in [1.82, 2.24) is 14.6 Å². The van der Waals surface area contributed by atoms with Crippen molar-refractivity contribution in [2.45, 2.75) is 32.1 Å². The number of carbonyl (C=O) groups excluding carboxylic acids is 1. The summed E-state index contributed by atoms with van der Waals surface area (Å²) < 4.78 is 20.1. The molecule has 0 saturated heterocycles. The average molecular weight is 291 g/mol. The van der Waals surface area contributed by atoms with Crippen LogP contribution in [-0.4, -0.2) is 27.7 Å². The summed E-state index contributed by atoms with van der Waals surface area (Å²) in [4.78, 5) is 15.4. The minimum absolute atomic E-state index is 0.0285. The molecule has 3 rings (SSSR count). The van der Waals surface area contributed by atoms with E-state index < -0.39 is 0 Å². The zero-order chi connectivity index (χ0) is 14.8. The van der Waals surface area contributed by atoms with Gasteiger partial charge in [0.25, 0.3) is 0 Å². The number of halogens is 1. The van der Waals surface area contributed by atoms with Gasteiger partial charge in [-0.3, -0.25) is 4.79 Å². The molecule has 21 heavy (non-hydrogen) atoms. The molecule has 0 unspecified atom stereocenters. The summed E-state index contributed by atoms with van der Waals surface area (Å²) in [6.45, 7) is 0. The molecule has 0 aliphatic heterocycles. The maximum Gasteiger partial charge on any atom is 0.308 e. The fraction of sp³-hybridized carbons (Fsp3) is 0.533. The maximum atomic E-state index is 13.9. The standard InChI is InChI=1S/C15H18FN3O2/c1-21-15(20)12-4-2-10(3-5-12)6-11-7-13(16)14-17-9-18-19(14)8-11/h7-10,12H,2-6H2,1H3. The van der Waals surface area contributed by atoms with Gasteiger partial charge < -0.3 is 4.74 Å². The third kappa shape index (κ3) is 2.89. The number of hydrogen-bond donors (Lipinski definition) is 0. The Morgan fingerprint density at radius 1 is 1.43 bits per heavy atom. The molecular formula is C15H18FN3O2. The highest BCUT2D eigenvalue weighted by Gasteiger charge is 2.27. The van der Waals surface area contributed by atoms with Gasteiger partial charge in [-0.1, -0.05) is 0 Å². The predicted molar refractivity (Wildman–Crippen MR) is 74.1 cm³/mol. The SMILES string of the molecule is COC(=O)C1CCC(Cc2cc(F)c3ncnn3c2)CC1. The lowest BCUT2D eigenvalue weighted by Crippen LogP contribution is -2.23. The Balaban J connectivity index is 1.65. The third-order valence-electron chi connectivity index (χ3n) is 4.29. The van der Waals surface area contributed by atoms with E-state index in [-0.39, 0.29) is 23.4 Å². The number of nitrogens with zero attached hydrogens (tertiary/aromatic N) is 3. The molecule has 0 N–H and O–H groups in total. The molecule has 2 aromatic heterocycles. The summed E-state index contributed by atoms with van der Waals surface area (Å²) in [7, 11) is 1.44. The largest absolute Gasteiger partial charge is 0.469 e. The topological polar surface area (TPSA) is 56.5 Å². The van der Waals surface area contributed by atoms with Crippen LogP contribution in [-0.2, 0) is 16.0 Å². The van der Waals surface area contributed by atoms with E-state index >= 15 is 0 Å². The van der Waals surface area contributed by atoms with Crippen molar-refractivity contribution in [3.63, 3.8) is 0 Å². The molecular weight excluding hydrogens is 273 g/mol. The quantitative estimate of drug-likeness (QED) is 0.815. The van der Waals surface area contributed by atoms with Crippen LogP contribution in [0.4, 0.5) is 4.39 Å². The van der Waals surface area contributed by atoms with E-state index in [0.29, 0.717) is 5.92 Å². The lowest BCUT2D eigenvalue weighted by atomic mass is 9.79. The molecule has 0 amide bonds. The highest BCUT2D eigenvalue weighted by molar-refractivity contribution is 5.72. The number of rotatable bonds is 3. The number of carbonyl (C=O) groups is 1. The Morgan fingerprint density at radius 2 is 2.19 bits per heavy atom. The van der Waals surface area contributed by atoms with Gasteiger partial charge in [0.15, 0.2) is 11.5 Å². The molecule has 0 radical (unpaired) electrons. The van der Waals surface area contributed by atoms with Gasteiger partial charge in [-0.15, -0.1) is 0 Å². The van der Waals surface area contributed by atoms with Crippen molar-refractivity contribution >= 4 is 11.6 Å². The molecule has 1 aliphatic carbocycles. The van der Waals surface area contributed by atoms with Crippen LogP contribution < -0.4 is 0 Å². The molecule has 1 fully saturated rings. The van der Waals surface area contributed by atoms with Crippen LogP contribution in [0.2, 0.25) is 0 Å². The number of fused-ring (bicyclic) bond motifs is 1. The van der Waals surface area contributed by atoms with Crippen LogP contribution in [0.25, 0.3) is 5.65 Å². The number of esters is 1. The van der Waals surface area contributed by atoms with E-state index in [9.17, 15) is 9.18 Å². The van der Waals surface area contributed by atoms with Gasteiger partial charge >= 0.3 is 5.97 Å². The summed E-state index contributed by atoms with van der Waals surface area (Å²) in [5.41, 5.74) is 1.18. The first-order chi connectivity index (χ1) is 10.2. The number of pyridine rings is 1. The second-order valence-corrected chi connectivity index (χ2v) is 5.67. The maximum absolute atomic E-state index is 13.9. The highest BCUT2D eigenvalue weighted by atomic mass is 19.1. The van der Waals surface area contributed by atoms with Crippen molar-refractivity contribution in [1.29, 1.82) is 0 Å². The number of aromatic nitrogens is 3. The third-order valence-corrected chi connectivity index (χ3v) is 4.29. The summed E-state index contributed by atoms with van der Waals surface area (Å²) >= 11 is 0. The van der Waals surface area contributed by atoms with E-state index in [1.165, 1.54) is 24.0 Å². The summed E-state index contributed by atoms with van der Waals surface area (Å²) in [6, 6.07) is 1.54. The Morgan fingerprint density at radius 3 is 2.90 bits per heavy atom. The van der Waals surface area contributed by atoms with E-state index in [1.54, 1.807) is 0 Å². The summed E-state index contributed by atoms with van der Waals surface area (Å²) in [5.74, 6) is 0.0591. The number of hydrogen-bond acceptors (Lipinski definition) is 4. The fourth-order valence-corrected chi connectivity index (χ4v) is 3.15. The van der Waals surface area contributed by atoms with Crippen molar-refractivity contribution in [2.75, 3.05) is 7.11 Å². The van der Waals surface area contributed by atoms with Crippen molar-refractivity contribution in [3.05, 3.63) is 30.0 Å². The molecule has 5 nitrogen and oxygen atoms in total. The van der Waals surface area contributed by atoms with Gasteiger partial charge in [-0.2, -0.15) is 5.10 Å². The Labute approximate surface area is 122 Å². The molecule has 0 spiro atoms. The molecule has 0 aromatic carbocycles. The second kappa shape index (κ2) is 5.79. The smallest absolute Gasteiger partial charge is 0.308 e. The molecule has 0 bridgehead atoms. The first-order valence-corrected chi connectivity index (χ1v) is 7.23. The fourth-order valence-electron chi connectivity index (χ4n) is 3.15. The Hall–Kier alpha value is -1.98. The van der Waals surface area contributed by atoms with Gasteiger partial charge in [0.05, 0.1) is 13.0 Å². The first-order valence-electron chi connectivity index (χ1n) is 7.23. The van der Waals surface area contributed by atoms with Crippen LogP contribution in [0.3, 0.4) is 0 Å². The van der Waals surface area contributed by atoms with Gasteiger partial charge in [0.1, 0.15) is 6.33 Å². The molecule has 1 saturated carbocycles. The molecule has 2 aromatic rings. The molecule has 112 valence electrons. The second-order valence-electron chi connectivity index (χ2n) is 5.67. The first kappa shape index (κ1) is 14.0. The van der Waals surface area contributed by atoms with Gasteiger partial charge in [-0.25, -0.2) is 13.9 Å². The van der Waals surface area contributed by atoms with E-state index in [2.05, 4.69) is 10.1 Å². The molecule has 0 atom stereocenters. The van der Waals surface area contributed by atoms with Crippen LogP contribution in [0.15, 0.2) is 18.6 Å². The lowest BCUT2D eigenvalue weighted by Gasteiger charge is -2.26. The van der Waals surface area contributed by atoms with Gasteiger partial charge in [0.2, 0.25) is 0 Å². The average Bonchev–Trinajstić information content (AvgIpc) is 2.96. The molecule has 6 heteroatoms. The minimum Gasteiger partial charge on any atom is -0.469 e. The van der Waals surface area contributed by atoms with Crippen LogP contribution in [0.5, 0.6) is 0 Å². The normalized spacial score (nSPS) is 22.4. The van der Waals surface area contributed by atoms with E-state index in [1.807, 2.05) is 6.20 Å². The van der Waals surface area contributed by atoms with Crippen molar-refractivity contribution in [3.8, 4) is 0 Å². The van der Waals surface area contributed by atoms with Crippen molar-refractivity contribution < 1.29 is 13.9 Å². The van der Waals surface area contributed by atoms with E-state index in [0.717, 1.165) is 37.7 Å². The molecule has 1 aliphatic rings. The summed E-state index contributed by atoms with van der Waals surface area (Å²) in [6.07, 6.45) is 7.63. The number of methoxy groups -OCH3 is 1. The predicted octanol–water partition coefficient (Wildman–Crippen LogP) is 2.39. The molecule has 2 heterocycles.